The van der Waals surface area contributed by atoms with Gasteiger partial charge in [0.2, 0.25) is 0 Å². The maximum absolute atomic E-state index is 8.80. The third kappa shape index (κ3) is 3.52. The molecule has 3 rings (SSSR count). The van der Waals surface area contributed by atoms with E-state index in [0.717, 1.165) is 5.56 Å². The maximum atomic E-state index is 8.80. The zero-order chi connectivity index (χ0) is 19.4. The molecule has 9 heteroatoms. The average Bonchev–Trinajstić information content (AvgIpc) is 3.22. The summed E-state index contributed by atoms with van der Waals surface area (Å²) in [5.41, 5.74) is 14.3. The van der Waals surface area contributed by atoms with Gasteiger partial charge in [0.1, 0.15) is 11.4 Å². The monoisotopic (exact) mass is 367 g/mol. The lowest BCUT2D eigenvalue weighted by Gasteiger charge is -2.07. The van der Waals surface area contributed by atoms with E-state index in [0.29, 0.717) is 33.9 Å². The van der Waals surface area contributed by atoms with Gasteiger partial charge in [-0.15, -0.1) is 0 Å². The highest BCUT2D eigenvalue weighted by atomic mass is 16.5. The van der Waals surface area contributed by atoms with Gasteiger partial charge in [0.25, 0.3) is 0 Å². The highest BCUT2D eigenvalue weighted by Crippen LogP contribution is 2.33. The van der Waals surface area contributed by atoms with Gasteiger partial charge in [0.05, 0.1) is 12.7 Å². The van der Waals surface area contributed by atoms with Gasteiger partial charge in [-0.3, -0.25) is 0 Å². The van der Waals surface area contributed by atoms with Crippen molar-refractivity contribution in [3.05, 3.63) is 59.7 Å². The Kier molecular flexibility index (Phi) is 4.93. The minimum Gasteiger partial charge on any atom is -0.496 e. The summed E-state index contributed by atoms with van der Waals surface area (Å²) < 4.78 is 10.8. The van der Waals surface area contributed by atoms with E-state index < -0.39 is 0 Å². The number of hydrogen-bond donors (Lipinski definition) is 4. The molecule has 1 aromatic heterocycles. The Morgan fingerprint density at radius 2 is 1.59 bits per heavy atom. The van der Waals surface area contributed by atoms with Gasteiger partial charge in [-0.2, -0.15) is 0 Å². The van der Waals surface area contributed by atoms with Crippen LogP contribution in [-0.4, -0.2) is 34.4 Å². The number of oxime groups is 2. The smallest absolute Gasteiger partial charge is 0.171 e. The Labute approximate surface area is 154 Å². The molecule has 1 heterocycles. The first-order valence-electron chi connectivity index (χ1n) is 7.78. The molecule has 9 nitrogen and oxygen atoms in total. The van der Waals surface area contributed by atoms with Crippen LogP contribution in [0.2, 0.25) is 0 Å². The molecule has 0 amide bonds. The second-order valence-corrected chi connectivity index (χ2v) is 5.54. The van der Waals surface area contributed by atoms with Crippen molar-refractivity contribution in [1.29, 1.82) is 0 Å². The predicted molar refractivity (Wildman–Crippen MR) is 98.9 cm³/mol. The molecule has 0 spiro atoms. The minimum atomic E-state index is -0.0242. The molecule has 0 saturated heterocycles. The molecule has 0 aliphatic rings. The van der Waals surface area contributed by atoms with Crippen LogP contribution in [-0.2, 0) is 0 Å². The molecular weight excluding hydrogens is 350 g/mol. The Morgan fingerprint density at radius 3 is 2.22 bits per heavy atom. The quantitative estimate of drug-likeness (QED) is 0.233. The molecule has 0 aliphatic carbocycles. The maximum Gasteiger partial charge on any atom is 0.171 e. The zero-order valence-electron chi connectivity index (χ0n) is 14.3. The zero-order valence-corrected chi connectivity index (χ0v) is 14.3. The van der Waals surface area contributed by atoms with Crippen molar-refractivity contribution in [2.45, 2.75) is 0 Å². The van der Waals surface area contributed by atoms with E-state index in [4.69, 9.17) is 31.1 Å². The lowest BCUT2D eigenvalue weighted by molar-refractivity contribution is 0.318. The Bertz CT molecular complexity index is 1010. The summed E-state index contributed by atoms with van der Waals surface area (Å²) in [6.07, 6.45) is 0. The molecule has 6 N–H and O–H groups in total. The lowest BCUT2D eigenvalue weighted by Crippen LogP contribution is -2.13. The summed E-state index contributed by atoms with van der Waals surface area (Å²) in [6, 6.07) is 13.8. The van der Waals surface area contributed by atoms with Gasteiger partial charge in [-0.05, 0) is 12.1 Å². The van der Waals surface area contributed by atoms with E-state index in [1.807, 2.05) is 0 Å². The van der Waals surface area contributed by atoms with E-state index in [2.05, 4.69) is 15.5 Å². The topological polar surface area (TPSA) is 152 Å². The summed E-state index contributed by atoms with van der Waals surface area (Å²) in [6.45, 7) is 0. The second-order valence-electron chi connectivity index (χ2n) is 5.54. The first kappa shape index (κ1) is 17.8. The second kappa shape index (κ2) is 7.48. The fraction of sp³-hybridized carbons (Fsp3) is 0.0556. The standard InChI is InChI=1S/C18H17N5O4/c1-26-15-8-12(18(20)22-25)6-7-13(15)16-9-14(23-27-16)10-2-4-11(5-3-10)17(19)21-24/h2-9,24-25H,1H3,(H2,19,21)(H2,20,22). The van der Waals surface area contributed by atoms with E-state index in [1.54, 1.807) is 48.5 Å². The molecule has 0 atom stereocenters. The van der Waals surface area contributed by atoms with E-state index in [9.17, 15) is 0 Å². The first-order chi connectivity index (χ1) is 13.1. The number of rotatable bonds is 5. The van der Waals surface area contributed by atoms with Crippen LogP contribution in [0.15, 0.2) is 63.4 Å². The number of methoxy groups -OCH3 is 1. The number of amidine groups is 2. The van der Waals surface area contributed by atoms with Crippen molar-refractivity contribution in [3.63, 3.8) is 0 Å². The highest BCUT2D eigenvalue weighted by molar-refractivity contribution is 5.98. The molecule has 0 unspecified atom stereocenters. The fourth-order valence-corrected chi connectivity index (χ4v) is 2.52. The number of aromatic nitrogens is 1. The summed E-state index contributed by atoms with van der Waals surface area (Å²) in [7, 11) is 1.51. The fourth-order valence-electron chi connectivity index (χ4n) is 2.52. The number of hydrogen-bond acceptors (Lipinski definition) is 7. The van der Waals surface area contributed by atoms with Crippen molar-refractivity contribution in [2.75, 3.05) is 7.11 Å². The van der Waals surface area contributed by atoms with Crippen LogP contribution in [0.25, 0.3) is 22.6 Å². The number of nitrogens with two attached hydrogens (primary N) is 2. The van der Waals surface area contributed by atoms with Crippen LogP contribution in [0.4, 0.5) is 0 Å². The molecule has 3 aromatic rings. The third-order valence-corrected chi connectivity index (χ3v) is 3.96. The minimum absolute atomic E-state index is 0.0242. The van der Waals surface area contributed by atoms with Crippen LogP contribution >= 0.6 is 0 Å². The summed E-state index contributed by atoms with van der Waals surface area (Å²) in [5.74, 6) is 0.985. The molecule has 0 aliphatic heterocycles. The van der Waals surface area contributed by atoms with Crippen molar-refractivity contribution in [3.8, 4) is 28.3 Å². The van der Waals surface area contributed by atoms with Crippen LogP contribution in [0, 0.1) is 0 Å². The van der Waals surface area contributed by atoms with Crippen molar-refractivity contribution in [1.82, 2.24) is 5.16 Å². The normalized spacial score (nSPS) is 12.2. The van der Waals surface area contributed by atoms with Gasteiger partial charge in [0, 0.05) is 22.8 Å². The molecule has 138 valence electrons. The number of nitrogens with zero attached hydrogens (tertiary/aromatic N) is 3. The van der Waals surface area contributed by atoms with Crippen LogP contribution in [0.3, 0.4) is 0 Å². The molecule has 0 radical (unpaired) electrons. The first-order valence-corrected chi connectivity index (χ1v) is 7.78. The Morgan fingerprint density at radius 1 is 0.963 bits per heavy atom. The van der Waals surface area contributed by atoms with Crippen LogP contribution in [0.5, 0.6) is 5.75 Å². The number of ether oxygens (including phenoxy) is 1. The van der Waals surface area contributed by atoms with Crippen molar-refractivity contribution < 1.29 is 19.7 Å². The van der Waals surface area contributed by atoms with E-state index in [-0.39, 0.29) is 11.7 Å². The SMILES string of the molecule is COc1cc(/C(N)=N/O)ccc1-c1cc(-c2ccc(/C(N)=N/O)cc2)no1. The Balaban J connectivity index is 1.94. The molecule has 2 aromatic carbocycles. The average molecular weight is 367 g/mol. The van der Waals surface area contributed by atoms with E-state index in [1.165, 1.54) is 7.11 Å². The third-order valence-electron chi connectivity index (χ3n) is 3.96. The highest BCUT2D eigenvalue weighted by Gasteiger charge is 2.15. The molecule has 0 saturated carbocycles. The lowest BCUT2D eigenvalue weighted by atomic mass is 10.1. The molecule has 0 bridgehead atoms. The van der Waals surface area contributed by atoms with Gasteiger partial charge >= 0.3 is 0 Å². The summed E-state index contributed by atoms with van der Waals surface area (Å²) >= 11 is 0. The van der Waals surface area contributed by atoms with Crippen LogP contribution < -0.4 is 16.2 Å². The molecule has 27 heavy (non-hydrogen) atoms. The van der Waals surface area contributed by atoms with Gasteiger partial charge in [-0.25, -0.2) is 0 Å². The van der Waals surface area contributed by atoms with Gasteiger partial charge < -0.3 is 31.1 Å². The van der Waals surface area contributed by atoms with Gasteiger partial charge in [0.15, 0.2) is 17.4 Å². The van der Waals surface area contributed by atoms with Crippen molar-refractivity contribution >= 4 is 11.7 Å². The Hall–Kier alpha value is -4.01. The van der Waals surface area contributed by atoms with Crippen LogP contribution in [0.1, 0.15) is 11.1 Å². The molecule has 0 fully saturated rings. The largest absolute Gasteiger partial charge is 0.496 e. The van der Waals surface area contributed by atoms with E-state index >= 15 is 0 Å². The predicted octanol–water partition coefficient (Wildman–Crippen LogP) is 2.21. The summed E-state index contributed by atoms with van der Waals surface area (Å²) in [5, 5.41) is 27.5. The number of benzene rings is 2. The van der Waals surface area contributed by atoms with Crippen molar-refractivity contribution in [2.24, 2.45) is 21.8 Å². The molecular formula is C18H17N5O4. The summed E-state index contributed by atoms with van der Waals surface area (Å²) in [4.78, 5) is 0. The van der Waals surface area contributed by atoms with Gasteiger partial charge in [-0.1, -0.05) is 45.8 Å².